The number of rotatable bonds is 11. The van der Waals surface area contributed by atoms with Gasteiger partial charge < -0.3 is 28.4 Å². The second-order valence-electron chi connectivity index (χ2n) is 6.77. The van der Waals surface area contributed by atoms with Gasteiger partial charge in [-0.3, -0.25) is 0 Å². The van der Waals surface area contributed by atoms with Gasteiger partial charge in [-0.2, -0.15) is 0 Å². The molecule has 0 aliphatic heterocycles. The van der Waals surface area contributed by atoms with Crippen LogP contribution in [0.25, 0.3) is 12.2 Å². The molecule has 0 saturated heterocycles. The maximum atomic E-state index is 13.0. The summed E-state index contributed by atoms with van der Waals surface area (Å²) in [6, 6.07) is 10.2. The third-order valence-electron chi connectivity index (χ3n) is 4.76. The van der Waals surface area contributed by atoms with E-state index in [-0.39, 0.29) is 24.4 Å². The summed E-state index contributed by atoms with van der Waals surface area (Å²) in [6.07, 6.45) is 3.05. The molecule has 0 aliphatic rings. The fourth-order valence-electron chi connectivity index (χ4n) is 3.10. The average Bonchev–Trinajstić information content (AvgIpc) is 2.86. The number of benzene rings is 2. The van der Waals surface area contributed by atoms with Gasteiger partial charge in [0.05, 0.1) is 52.8 Å². The lowest BCUT2D eigenvalue weighted by Crippen LogP contribution is -2.17. The largest absolute Gasteiger partial charge is 0.497 e. The van der Waals surface area contributed by atoms with Crippen LogP contribution in [0.2, 0.25) is 0 Å². The monoisotopic (exact) mass is 470 g/mol. The van der Waals surface area contributed by atoms with Gasteiger partial charge in [0, 0.05) is 23.3 Å². The Balaban J connectivity index is 2.77. The molecule has 0 heterocycles. The predicted molar refractivity (Wildman–Crippen MR) is 128 cm³/mol. The van der Waals surface area contributed by atoms with Crippen molar-refractivity contribution in [1.29, 1.82) is 0 Å². The molecule has 34 heavy (non-hydrogen) atoms. The Morgan fingerprint density at radius 3 is 1.32 bits per heavy atom. The van der Waals surface area contributed by atoms with Crippen molar-refractivity contribution in [3.8, 4) is 23.0 Å². The molecule has 0 saturated carbocycles. The lowest BCUT2D eigenvalue weighted by molar-refractivity contribution is -0.141. The van der Waals surface area contributed by atoms with E-state index in [2.05, 4.69) is 0 Å². The van der Waals surface area contributed by atoms with E-state index < -0.39 is 11.9 Å². The molecule has 0 atom stereocenters. The Kier molecular flexibility index (Phi) is 10.0. The highest BCUT2D eigenvalue weighted by Crippen LogP contribution is 2.31. The number of methoxy groups -OCH3 is 4. The van der Waals surface area contributed by atoms with Gasteiger partial charge in [-0.05, 0) is 50.3 Å². The molecule has 0 radical (unpaired) electrons. The summed E-state index contributed by atoms with van der Waals surface area (Å²) in [5.74, 6) is 0.684. The minimum absolute atomic E-state index is 0.00152. The quantitative estimate of drug-likeness (QED) is 0.273. The van der Waals surface area contributed by atoms with Crippen LogP contribution < -0.4 is 18.9 Å². The van der Waals surface area contributed by atoms with Crippen molar-refractivity contribution in [2.24, 2.45) is 0 Å². The van der Waals surface area contributed by atoms with Gasteiger partial charge in [0.1, 0.15) is 23.0 Å². The molecule has 0 fully saturated rings. The summed E-state index contributed by atoms with van der Waals surface area (Å²) in [7, 11) is 6.08. The van der Waals surface area contributed by atoms with Crippen LogP contribution in [-0.4, -0.2) is 53.6 Å². The highest BCUT2D eigenvalue weighted by atomic mass is 16.5. The number of carbonyl (C=O) groups is 2. The first-order valence-electron chi connectivity index (χ1n) is 10.6. The molecule has 2 aromatic rings. The summed E-state index contributed by atoms with van der Waals surface area (Å²) in [5.41, 5.74) is 1.09. The molecule has 0 aromatic heterocycles. The van der Waals surface area contributed by atoms with Crippen molar-refractivity contribution in [3.63, 3.8) is 0 Å². The molecule has 0 spiro atoms. The summed E-state index contributed by atoms with van der Waals surface area (Å²) >= 11 is 0. The molecular formula is C26H30O8. The Morgan fingerprint density at radius 2 is 1.03 bits per heavy atom. The number of esters is 2. The standard InChI is InChI=1S/C26H30O8/c1-7-33-25(27)21(13-17-9-11-19(29-3)15-23(17)31-5)22(26(28)34-8-2)14-18-10-12-20(30-4)16-24(18)32-6/h9-16H,7-8H2,1-6H3. The third-order valence-corrected chi connectivity index (χ3v) is 4.76. The van der Waals surface area contributed by atoms with Gasteiger partial charge in [-0.1, -0.05) is 0 Å². The van der Waals surface area contributed by atoms with Crippen molar-refractivity contribution in [3.05, 3.63) is 58.7 Å². The Labute approximate surface area is 199 Å². The molecule has 182 valence electrons. The first-order chi connectivity index (χ1) is 16.4. The Hall–Kier alpha value is -3.94. The van der Waals surface area contributed by atoms with Crippen molar-refractivity contribution in [1.82, 2.24) is 0 Å². The molecular weight excluding hydrogens is 440 g/mol. The van der Waals surface area contributed by atoms with E-state index in [0.717, 1.165) is 0 Å². The van der Waals surface area contributed by atoms with Crippen LogP contribution in [-0.2, 0) is 19.1 Å². The lowest BCUT2D eigenvalue weighted by Gasteiger charge is -2.14. The normalized spacial score (nSPS) is 11.5. The smallest absolute Gasteiger partial charge is 0.339 e. The van der Waals surface area contributed by atoms with Gasteiger partial charge in [0.2, 0.25) is 0 Å². The van der Waals surface area contributed by atoms with E-state index in [9.17, 15) is 9.59 Å². The Bertz CT molecular complexity index is 983. The van der Waals surface area contributed by atoms with Gasteiger partial charge >= 0.3 is 11.9 Å². The van der Waals surface area contributed by atoms with E-state index in [0.29, 0.717) is 34.1 Å². The van der Waals surface area contributed by atoms with E-state index in [4.69, 9.17) is 28.4 Å². The summed E-state index contributed by atoms with van der Waals surface area (Å²) in [6.45, 7) is 3.61. The molecule has 2 rings (SSSR count). The third kappa shape index (κ3) is 6.54. The average molecular weight is 471 g/mol. The predicted octanol–water partition coefficient (Wildman–Crippen LogP) is 4.31. The van der Waals surface area contributed by atoms with Crippen molar-refractivity contribution < 1.29 is 38.0 Å². The van der Waals surface area contributed by atoms with E-state index in [1.54, 1.807) is 50.2 Å². The van der Waals surface area contributed by atoms with Crippen molar-refractivity contribution >= 4 is 24.1 Å². The van der Waals surface area contributed by atoms with Crippen LogP contribution in [0.4, 0.5) is 0 Å². The molecule has 2 aromatic carbocycles. The van der Waals surface area contributed by atoms with E-state index in [1.807, 2.05) is 0 Å². The van der Waals surface area contributed by atoms with Crippen LogP contribution in [0.5, 0.6) is 23.0 Å². The zero-order chi connectivity index (χ0) is 25.1. The van der Waals surface area contributed by atoms with Gasteiger partial charge in [0.25, 0.3) is 0 Å². The second kappa shape index (κ2) is 12.9. The first kappa shape index (κ1) is 26.3. The summed E-state index contributed by atoms with van der Waals surface area (Å²) < 4.78 is 31.9. The highest BCUT2D eigenvalue weighted by molar-refractivity contribution is 6.13. The summed E-state index contributed by atoms with van der Waals surface area (Å²) in [4.78, 5) is 26.0. The SMILES string of the molecule is CCOC(=O)C(=Cc1ccc(OC)cc1OC)C(=Cc1ccc(OC)cc1OC)C(=O)OCC. The number of carbonyl (C=O) groups excluding carboxylic acids is 2. The maximum absolute atomic E-state index is 13.0. The molecule has 0 amide bonds. The molecule has 8 heteroatoms. The minimum atomic E-state index is -0.688. The van der Waals surface area contributed by atoms with Crippen LogP contribution in [0, 0.1) is 0 Å². The second-order valence-corrected chi connectivity index (χ2v) is 6.77. The number of hydrogen-bond donors (Lipinski definition) is 0. The number of ether oxygens (including phenoxy) is 6. The fraction of sp³-hybridized carbons (Fsp3) is 0.308. The van der Waals surface area contributed by atoms with Crippen molar-refractivity contribution in [2.45, 2.75) is 13.8 Å². The lowest BCUT2D eigenvalue weighted by atomic mass is 9.99. The zero-order valence-corrected chi connectivity index (χ0v) is 20.3. The highest BCUT2D eigenvalue weighted by Gasteiger charge is 2.25. The topological polar surface area (TPSA) is 89.5 Å². The molecule has 0 unspecified atom stereocenters. The number of hydrogen-bond acceptors (Lipinski definition) is 8. The fourth-order valence-corrected chi connectivity index (χ4v) is 3.10. The van der Waals surface area contributed by atoms with Gasteiger partial charge in [-0.15, -0.1) is 0 Å². The minimum Gasteiger partial charge on any atom is -0.497 e. The van der Waals surface area contributed by atoms with Crippen LogP contribution in [0.1, 0.15) is 25.0 Å². The van der Waals surface area contributed by atoms with Gasteiger partial charge in [0.15, 0.2) is 0 Å². The van der Waals surface area contributed by atoms with Crippen LogP contribution >= 0.6 is 0 Å². The first-order valence-corrected chi connectivity index (χ1v) is 10.6. The van der Waals surface area contributed by atoms with Crippen LogP contribution in [0.3, 0.4) is 0 Å². The van der Waals surface area contributed by atoms with Gasteiger partial charge in [-0.25, -0.2) is 9.59 Å². The zero-order valence-electron chi connectivity index (χ0n) is 20.3. The molecule has 0 bridgehead atoms. The summed E-state index contributed by atoms with van der Waals surface area (Å²) in [5, 5.41) is 0. The molecule has 8 nitrogen and oxygen atoms in total. The molecule has 0 aliphatic carbocycles. The van der Waals surface area contributed by atoms with Crippen LogP contribution in [0.15, 0.2) is 47.5 Å². The molecule has 0 N–H and O–H groups in total. The van der Waals surface area contributed by atoms with E-state index in [1.165, 1.54) is 40.6 Å². The Morgan fingerprint density at radius 1 is 0.647 bits per heavy atom. The maximum Gasteiger partial charge on any atom is 0.339 e. The van der Waals surface area contributed by atoms with E-state index >= 15 is 0 Å². The van der Waals surface area contributed by atoms with Crippen molar-refractivity contribution in [2.75, 3.05) is 41.7 Å².